The summed E-state index contributed by atoms with van der Waals surface area (Å²) in [4.78, 5) is 26.3. The number of carboxylic acids is 1. The number of aliphatic carboxylic acids is 1. The lowest BCUT2D eigenvalue weighted by Crippen LogP contribution is -2.29. The van der Waals surface area contributed by atoms with E-state index in [1.165, 1.54) is 0 Å². The Balaban J connectivity index is 2.01. The predicted molar refractivity (Wildman–Crippen MR) is 74.8 cm³/mol. The number of benzene rings is 1. The zero-order valence-electron chi connectivity index (χ0n) is 10.0. The fourth-order valence-electron chi connectivity index (χ4n) is 1.53. The van der Waals surface area contributed by atoms with E-state index in [9.17, 15) is 9.59 Å². The van der Waals surface area contributed by atoms with Crippen molar-refractivity contribution in [1.82, 2.24) is 5.32 Å². The number of anilines is 1. The van der Waals surface area contributed by atoms with E-state index in [1.54, 1.807) is 30.0 Å². The van der Waals surface area contributed by atoms with Gasteiger partial charge in [0.05, 0.1) is 6.54 Å². The van der Waals surface area contributed by atoms with Crippen molar-refractivity contribution in [2.75, 3.05) is 24.2 Å². The zero-order chi connectivity index (χ0) is 13.7. The van der Waals surface area contributed by atoms with Gasteiger partial charge in [0, 0.05) is 17.0 Å². The Morgan fingerprint density at radius 2 is 2.26 bits per heavy atom. The number of carbonyl (C=O) groups is 2. The second-order valence-electron chi connectivity index (χ2n) is 3.82. The number of amides is 1. The van der Waals surface area contributed by atoms with Gasteiger partial charge in [0.2, 0.25) is 0 Å². The monoisotopic (exact) mass is 279 g/mol. The number of amidine groups is 1. The molecule has 3 N–H and O–H groups in total. The minimum atomic E-state index is -1.07. The first-order valence-electron chi connectivity index (χ1n) is 5.69. The summed E-state index contributed by atoms with van der Waals surface area (Å²) in [5.74, 6) is -0.521. The summed E-state index contributed by atoms with van der Waals surface area (Å²) < 4.78 is 0. The van der Waals surface area contributed by atoms with E-state index in [2.05, 4.69) is 15.6 Å². The SMILES string of the molecule is O=C(O)CNC(=O)c1cccc(NC2=NCCS2)c1. The standard InChI is InChI=1S/C12H13N3O3S/c16-10(17)7-14-11(18)8-2-1-3-9(6-8)15-12-13-4-5-19-12/h1-3,6H,4-5,7H2,(H,13,15)(H,14,18)(H,16,17). The van der Waals surface area contributed by atoms with Crippen molar-refractivity contribution in [2.45, 2.75) is 0 Å². The van der Waals surface area contributed by atoms with Gasteiger partial charge in [0.1, 0.15) is 6.54 Å². The Morgan fingerprint density at radius 3 is 2.95 bits per heavy atom. The summed E-state index contributed by atoms with van der Waals surface area (Å²) >= 11 is 1.63. The van der Waals surface area contributed by atoms with E-state index in [-0.39, 0.29) is 6.54 Å². The van der Waals surface area contributed by atoms with Crippen LogP contribution in [0.5, 0.6) is 0 Å². The van der Waals surface area contributed by atoms with Crippen LogP contribution in [0.25, 0.3) is 0 Å². The molecule has 0 aromatic heterocycles. The third kappa shape index (κ3) is 3.99. The molecule has 1 aliphatic rings. The minimum Gasteiger partial charge on any atom is -0.480 e. The molecule has 0 spiro atoms. The van der Waals surface area contributed by atoms with Crippen LogP contribution in [0.1, 0.15) is 10.4 Å². The lowest BCUT2D eigenvalue weighted by molar-refractivity contribution is -0.135. The summed E-state index contributed by atoms with van der Waals surface area (Å²) in [5.41, 5.74) is 1.17. The molecular weight excluding hydrogens is 266 g/mol. The topological polar surface area (TPSA) is 90.8 Å². The van der Waals surface area contributed by atoms with Gasteiger partial charge in [-0.3, -0.25) is 14.6 Å². The van der Waals surface area contributed by atoms with E-state index in [0.717, 1.165) is 23.2 Å². The van der Waals surface area contributed by atoms with Crippen molar-refractivity contribution in [3.63, 3.8) is 0 Å². The Morgan fingerprint density at radius 1 is 1.42 bits per heavy atom. The van der Waals surface area contributed by atoms with Crippen molar-refractivity contribution >= 4 is 34.5 Å². The summed E-state index contributed by atoms with van der Waals surface area (Å²) in [6.45, 7) is 0.408. The van der Waals surface area contributed by atoms with E-state index in [0.29, 0.717) is 5.56 Å². The molecule has 0 saturated heterocycles. The third-order valence-electron chi connectivity index (χ3n) is 2.36. The van der Waals surface area contributed by atoms with E-state index < -0.39 is 11.9 Å². The highest BCUT2D eigenvalue weighted by Crippen LogP contribution is 2.17. The summed E-state index contributed by atoms with van der Waals surface area (Å²) in [7, 11) is 0. The molecule has 0 aliphatic carbocycles. The van der Waals surface area contributed by atoms with Gasteiger partial charge in [0.25, 0.3) is 5.91 Å². The van der Waals surface area contributed by atoms with Crippen LogP contribution in [-0.4, -0.2) is 41.0 Å². The predicted octanol–water partition coefficient (Wildman–Crippen LogP) is 1.02. The lowest BCUT2D eigenvalue weighted by Gasteiger charge is -2.07. The van der Waals surface area contributed by atoms with Crippen LogP contribution in [0.15, 0.2) is 29.3 Å². The Labute approximate surface area is 114 Å². The fraction of sp³-hybridized carbons (Fsp3) is 0.250. The number of rotatable bonds is 4. The maximum Gasteiger partial charge on any atom is 0.322 e. The number of hydrogen-bond acceptors (Lipinski definition) is 5. The van der Waals surface area contributed by atoms with Gasteiger partial charge in [-0.2, -0.15) is 0 Å². The highest BCUT2D eigenvalue weighted by Gasteiger charge is 2.10. The number of carboxylic acid groups (broad SMARTS) is 1. The molecule has 1 heterocycles. The molecule has 0 fully saturated rings. The smallest absolute Gasteiger partial charge is 0.322 e. The van der Waals surface area contributed by atoms with Crippen LogP contribution < -0.4 is 10.6 Å². The molecule has 100 valence electrons. The average Bonchev–Trinajstić information content (AvgIpc) is 2.89. The molecule has 1 amide bonds. The summed E-state index contributed by atoms with van der Waals surface area (Å²) in [6.07, 6.45) is 0. The molecule has 0 radical (unpaired) electrons. The van der Waals surface area contributed by atoms with Crippen molar-refractivity contribution in [2.24, 2.45) is 4.99 Å². The van der Waals surface area contributed by atoms with Gasteiger partial charge >= 0.3 is 5.97 Å². The number of thioether (sulfide) groups is 1. The molecule has 0 saturated carbocycles. The van der Waals surface area contributed by atoms with Gasteiger partial charge in [-0.1, -0.05) is 17.8 Å². The Kier molecular flexibility index (Phi) is 4.40. The first-order chi connectivity index (χ1) is 9.15. The fourth-order valence-corrected chi connectivity index (χ4v) is 2.28. The molecule has 6 nitrogen and oxygen atoms in total. The number of nitrogens with one attached hydrogen (secondary N) is 2. The summed E-state index contributed by atoms with van der Waals surface area (Å²) in [5, 5.41) is 14.8. The van der Waals surface area contributed by atoms with Gasteiger partial charge in [-0.15, -0.1) is 0 Å². The molecule has 1 aromatic carbocycles. The van der Waals surface area contributed by atoms with Crippen LogP contribution in [-0.2, 0) is 4.79 Å². The van der Waals surface area contributed by atoms with Gasteiger partial charge in [0.15, 0.2) is 5.17 Å². The zero-order valence-corrected chi connectivity index (χ0v) is 10.9. The largest absolute Gasteiger partial charge is 0.480 e. The quantitative estimate of drug-likeness (QED) is 0.765. The minimum absolute atomic E-state index is 0.390. The van der Waals surface area contributed by atoms with Gasteiger partial charge in [-0.25, -0.2) is 0 Å². The number of carbonyl (C=O) groups excluding carboxylic acids is 1. The van der Waals surface area contributed by atoms with Crippen LogP contribution >= 0.6 is 11.8 Å². The molecule has 2 rings (SSSR count). The van der Waals surface area contributed by atoms with Crippen LogP contribution in [0.3, 0.4) is 0 Å². The second kappa shape index (κ2) is 6.24. The maximum atomic E-state index is 11.7. The Hall–Kier alpha value is -2.02. The van der Waals surface area contributed by atoms with Crippen LogP contribution in [0, 0.1) is 0 Å². The van der Waals surface area contributed by atoms with Gasteiger partial charge in [-0.05, 0) is 18.2 Å². The van der Waals surface area contributed by atoms with Gasteiger partial charge < -0.3 is 15.7 Å². The van der Waals surface area contributed by atoms with Crippen LogP contribution in [0.4, 0.5) is 5.69 Å². The van der Waals surface area contributed by atoms with Crippen LogP contribution in [0.2, 0.25) is 0 Å². The third-order valence-corrected chi connectivity index (χ3v) is 3.25. The maximum absolute atomic E-state index is 11.7. The van der Waals surface area contributed by atoms with Crippen molar-refractivity contribution in [3.8, 4) is 0 Å². The first-order valence-corrected chi connectivity index (χ1v) is 6.68. The highest BCUT2D eigenvalue weighted by molar-refractivity contribution is 8.14. The second-order valence-corrected chi connectivity index (χ2v) is 4.90. The molecule has 0 bridgehead atoms. The molecule has 7 heteroatoms. The average molecular weight is 279 g/mol. The van der Waals surface area contributed by atoms with E-state index >= 15 is 0 Å². The number of hydrogen-bond donors (Lipinski definition) is 3. The molecule has 1 aliphatic heterocycles. The van der Waals surface area contributed by atoms with E-state index in [4.69, 9.17) is 5.11 Å². The highest BCUT2D eigenvalue weighted by atomic mass is 32.2. The first kappa shape index (κ1) is 13.4. The molecule has 19 heavy (non-hydrogen) atoms. The Bertz CT molecular complexity index is 531. The molecule has 0 unspecified atom stereocenters. The van der Waals surface area contributed by atoms with Crippen molar-refractivity contribution in [3.05, 3.63) is 29.8 Å². The normalized spacial score (nSPS) is 13.8. The van der Waals surface area contributed by atoms with Crippen molar-refractivity contribution in [1.29, 1.82) is 0 Å². The number of nitrogens with zero attached hydrogens (tertiary/aromatic N) is 1. The molecule has 0 atom stereocenters. The van der Waals surface area contributed by atoms with E-state index in [1.807, 2.05) is 6.07 Å². The number of aliphatic imine (C=N–C) groups is 1. The summed E-state index contributed by atoms with van der Waals surface area (Å²) in [6, 6.07) is 6.86. The molecular formula is C12H13N3O3S. The lowest BCUT2D eigenvalue weighted by atomic mass is 10.2. The van der Waals surface area contributed by atoms with Crippen molar-refractivity contribution < 1.29 is 14.7 Å². The molecule has 1 aromatic rings.